The Morgan fingerprint density at radius 1 is 1.53 bits per heavy atom. The summed E-state index contributed by atoms with van der Waals surface area (Å²) >= 11 is 3.20. The molecule has 2 N–H and O–H groups in total. The first kappa shape index (κ1) is 10.5. The molecule has 1 atom stereocenters. The topological polar surface area (TPSA) is 72.1 Å². The SMILES string of the molecule is NCC1CC(=O)N(c2ccc(Br)nn2)C1. The van der Waals surface area contributed by atoms with E-state index < -0.39 is 0 Å². The fourth-order valence-electron chi connectivity index (χ4n) is 1.61. The highest BCUT2D eigenvalue weighted by Crippen LogP contribution is 2.22. The Hall–Kier alpha value is -1.01. The van der Waals surface area contributed by atoms with Crippen molar-refractivity contribution >= 4 is 27.7 Å². The molecule has 0 radical (unpaired) electrons. The van der Waals surface area contributed by atoms with Crippen LogP contribution in [0.3, 0.4) is 0 Å². The minimum atomic E-state index is 0.0714. The van der Waals surface area contributed by atoms with Crippen molar-refractivity contribution in [3.8, 4) is 0 Å². The molecule has 0 aromatic carbocycles. The van der Waals surface area contributed by atoms with Crippen LogP contribution in [0.5, 0.6) is 0 Å². The van der Waals surface area contributed by atoms with Crippen LogP contribution in [0.25, 0.3) is 0 Å². The number of carbonyl (C=O) groups excluding carboxylic acids is 1. The molecule has 0 spiro atoms. The maximum atomic E-state index is 11.6. The summed E-state index contributed by atoms with van der Waals surface area (Å²) in [6, 6.07) is 3.54. The quantitative estimate of drug-likeness (QED) is 0.852. The lowest BCUT2D eigenvalue weighted by molar-refractivity contribution is -0.117. The molecule has 1 unspecified atom stereocenters. The molecule has 1 aromatic heterocycles. The minimum Gasteiger partial charge on any atom is -0.330 e. The van der Waals surface area contributed by atoms with Gasteiger partial charge in [-0.05, 0) is 40.5 Å². The Bertz CT molecular complexity index is 367. The number of carbonyl (C=O) groups is 1. The van der Waals surface area contributed by atoms with Crippen molar-refractivity contribution in [3.63, 3.8) is 0 Å². The summed E-state index contributed by atoms with van der Waals surface area (Å²) in [4.78, 5) is 13.3. The van der Waals surface area contributed by atoms with Gasteiger partial charge in [-0.15, -0.1) is 10.2 Å². The summed E-state index contributed by atoms with van der Waals surface area (Å²) in [5.74, 6) is 0.907. The number of hydrogen-bond acceptors (Lipinski definition) is 4. The Morgan fingerprint density at radius 2 is 2.33 bits per heavy atom. The van der Waals surface area contributed by atoms with Gasteiger partial charge in [0.1, 0.15) is 4.60 Å². The highest BCUT2D eigenvalue weighted by molar-refractivity contribution is 9.10. The van der Waals surface area contributed by atoms with Gasteiger partial charge in [-0.2, -0.15) is 0 Å². The van der Waals surface area contributed by atoms with E-state index in [-0.39, 0.29) is 11.8 Å². The molecule has 1 aromatic rings. The number of nitrogens with two attached hydrogens (primary N) is 1. The van der Waals surface area contributed by atoms with E-state index in [0.29, 0.717) is 29.9 Å². The van der Waals surface area contributed by atoms with Crippen LogP contribution in [-0.2, 0) is 4.79 Å². The van der Waals surface area contributed by atoms with Gasteiger partial charge in [-0.3, -0.25) is 9.69 Å². The number of hydrogen-bond donors (Lipinski definition) is 1. The van der Waals surface area contributed by atoms with E-state index in [1.54, 1.807) is 17.0 Å². The van der Waals surface area contributed by atoms with Crippen LogP contribution < -0.4 is 10.6 Å². The number of amides is 1. The minimum absolute atomic E-state index is 0.0714. The van der Waals surface area contributed by atoms with E-state index in [1.807, 2.05) is 0 Å². The molecule has 1 amide bonds. The molecular formula is C9H11BrN4O. The number of rotatable bonds is 2. The second kappa shape index (κ2) is 4.24. The van der Waals surface area contributed by atoms with Crippen molar-refractivity contribution in [2.45, 2.75) is 6.42 Å². The standard InChI is InChI=1S/C9H11BrN4O/c10-7-1-2-8(13-12-7)14-5-6(4-11)3-9(14)15/h1-2,6H,3-5,11H2. The van der Waals surface area contributed by atoms with E-state index >= 15 is 0 Å². The number of aromatic nitrogens is 2. The van der Waals surface area contributed by atoms with Crippen LogP contribution in [0.1, 0.15) is 6.42 Å². The highest BCUT2D eigenvalue weighted by Gasteiger charge is 2.30. The molecule has 1 aliphatic heterocycles. The number of anilines is 1. The number of halogens is 1. The van der Waals surface area contributed by atoms with Gasteiger partial charge in [0.15, 0.2) is 5.82 Å². The van der Waals surface area contributed by atoms with Crippen LogP contribution in [0.15, 0.2) is 16.7 Å². The van der Waals surface area contributed by atoms with Crippen LogP contribution in [0.4, 0.5) is 5.82 Å². The lowest BCUT2D eigenvalue weighted by Gasteiger charge is -2.14. The third-order valence-electron chi connectivity index (χ3n) is 2.43. The summed E-state index contributed by atoms with van der Waals surface area (Å²) in [5, 5.41) is 7.80. The predicted molar refractivity (Wildman–Crippen MR) is 59.2 cm³/mol. The molecule has 0 bridgehead atoms. The molecule has 2 rings (SSSR count). The monoisotopic (exact) mass is 270 g/mol. The van der Waals surface area contributed by atoms with Crippen LogP contribution in [0.2, 0.25) is 0 Å². The molecule has 1 saturated heterocycles. The molecule has 1 aliphatic rings. The van der Waals surface area contributed by atoms with Crippen molar-refractivity contribution in [1.82, 2.24) is 10.2 Å². The van der Waals surface area contributed by atoms with E-state index in [9.17, 15) is 4.79 Å². The van der Waals surface area contributed by atoms with Gasteiger partial charge in [0.2, 0.25) is 5.91 Å². The Balaban J connectivity index is 2.18. The van der Waals surface area contributed by atoms with E-state index in [2.05, 4.69) is 26.1 Å². The largest absolute Gasteiger partial charge is 0.330 e. The summed E-state index contributed by atoms with van der Waals surface area (Å²) < 4.78 is 0.660. The first-order valence-corrected chi connectivity index (χ1v) is 5.49. The first-order chi connectivity index (χ1) is 7.20. The number of nitrogens with zero attached hydrogens (tertiary/aromatic N) is 3. The average Bonchev–Trinajstić information content (AvgIpc) is 2.61. The van der Waals surface area contributed by atoms with Gasteiger partial charge in [0, 0.05) is 13.0 Å². The lowest BCUT2D eigenvalue weighted by Crippen LogP contribution is -2.26. The van der Waals surface area contributed by atoms with Crippen molar-refractivity contribution in [1.29, 1.82) is 0 Å². The van der Waals surface area contributed by atoms with Gasteiger partial charge < -0.3 is 5.73 Å². The normalized spacial score (nSPS) is 21.1. The Labute approximate surface area is 95.8 Å². The zero-order chi connectivity index (χ0) is 10.8. The van der Waals surface area contributed by atoms with Gasteiger partial charge in [0.05, 0.1) is 0 Å². The molecule has 15 heavy (non-hydrogen) atoms. The summed E-state index contributed by atoms with van der Waals surface area (Å²) in [6.45, 7) is 1.18. The third kappa shape index (κ3) is 2.15. The molecule has 0 aliphatic carbocycles. The molecular weight excluding hydrogens is 260 g/mol. The third-order valence-corrected chi connectivity index (χ3v) is 2.86. The fourth-order valence-corrected chi connectivity index (χ4v) is 1.83. The smallest absolute Gasteiger partial charge is 0.228 e. The first-order valence-electron chi connectivity index (χ1n) is 4.70. The van der Waals surface area contributed by atoms with Crippen LogP contribution in [0, 0.1) is 5.92 Å². The Morgan fingerprint density at radius 3 is 2.87 bits per heavy atom. The summed E-state index contributed by atoms with van der Waals surface area (Å²) in [7, 11) is 0. The van der Waals surface area contributed by atoms with E-state index in [1.165, 1.54) is 0 Å². The van der Waals surface area contributed by atoms with Crippen molar-refractivity contribution in [3.05, 3.63) is 16.7 Å². The average molecular weight is 271 g/mol. The van der Waals surface area contributed by atoms with Crippen molar-refractivity contribution in [2.24, 2.45) is 11.7 Å². The summed E-state index contributed by atoms with van der Waals surface area (Å²) in [5.41, 5.74) is 5.54. The zero-order valence-electron chi connectivity index (χ0n) is 8.06. The van der Waals surface area contributed by atoms with Crippen LogP contribution in [-0.4, -0.2) is 29.2 Å². The molecule has 6 heteroatoms. The maximum absolute atomic E-state index is 11.6. The summed E-state index contributed by atoms with van der Waals surface area (Å²) in [6.07, 6.45) is 0.508. The van der Waals surface area contributed by atoms with E-state index in [0.717, 1.165) is 0 Å². The highest BCUT2D eigenvalue weighted by atomic mass is 79.9. The van der Waals surface area contributed by atoms with Gasteiger partial charge in [-0.1, -0.05) is 0 Å². The molecule has 0 saturated carbocycles. The Kier molecular flexibility index (Phi) is 2.97. The molecule has 5 nitrogen and oxygen atoms in total. The predicted octanol–water partition coefficient (Wildman–Crippen LogP) is 0.551. The van der Waals surface area contributed by atoms with Gasteiger partial charge >= 0.3 is 0 Å². The van der Waals surface area contributed by atoms with Crippen molar-refractivity contribution in [2.75, 3.05) is 18.0 Å². The maximum Gasteiger partial charge on any atom is 0.228 e. The van der Waals surface area contributed by atoms with Crippen molar-refractivity contribution < 1.29 is 4.79 Å². The second-order valence-electron chi connectivity index (χ2n) is 3.52. The fraction of sp³-hybridized carbons (Fsp3) is 0.444. The molecule has 1 fully saturated rings. The lowest BCUT2D eigenvalue weighted by atomic mass is 10.1. The van der Waals surface area contributed by atoms with Gasteiger partial charge in [0.25, 0.3) is 0 Å². The molecule has 80 valence electrons. The van der Waals surface area contributed by atoms with Crippen LogP contribution >= 0.6 is 15.9 Å². The zero-order valence-corrected chi connectivity index (χ0v) is 9.64. The second-order valence-corrected chi connectivity index (χ2v) is 4.34. The molecule has 2 heterocycles. The van der Waals surface area contributed by atoms with E-state index in [4.69, 9.17) is 5.73 Å². The van der Waals surface area contributed by atoms with Gasteiger partial charge in [-0.25, -0.2) is 0 Å².